The van der Waals surface area contributed by atoms with E-state index in [-0.39, 0.29) is 0 Å². The first-order chi connectivity index (χ1) is 9.29. The van der Waals surface area contributed by atoms with E-state index in [1.54, 1.807) is 0 Å². The molecule has 2 nitrogen and oxygen atoms in total. The highest BCUT2D eigenvalue weighted by molar-refractivity contribution is 5.19. The zero-order valence-corrected chi connectivity index (χ0v) is 12.4. The molecule has 106 valence electrons. The second-order valence-electron chi connectivity index (χ2n) is 5.98. The second kappa shape index (κ2) is 7.66. The molecule has 2 heteroatoms. The molecule has 1 fully saturated rings. The average molecular weight is 260 g/mol. The minimum Gasteiger partial charge on any atom is -0.312 e. The van der Waals surface area contributed by atoms with Crippen molar-refractivity contribution in [2.45, 2.75) is 38.1 Å². The summed E-state index contributed by atoms with van der Waals surface area (Å²) >= 11 is 0. The molecule has 1 atom stereocenters. The van der Waals surface area contributed by atoms with E-state index in [9.17, 15) is 0 Å². The number of rotatable bonds is 6. The van der Waals surface area contributed by atoms with Gasteiger partial charge in [0.05, 0.1) is 0 Å². The quantitative estimate of drug-likeness (QED) is 0.842. The monoisotopic (exact) mass is 260 g/mol. The Bertz CT molecular complexity index is 344. The summed E-state index contributed by atoms with van der Waals surface area (Å²) < 4.78 is 0. The van der Waals surface area contributed by atoms with E-state index in [0.29, 0.717) is 6.04 Å². The van der Waals surface area contributed by atoms with Gasteiger partial charge in [0.25, 0.3) is 0 Å². The van der Waals surface area contributed by atoms with Gasteiger partial charge in [-0.3, -0.25) is 0 Å². The van der Waals surface area contributed by atoms with Crippen molar-refractivity contribution in [3.05, 3.63) is 35.9 Å². The first kappa shape index (κ1) is 14.5. The van der Waals surface area contributed by atoms with Gasteiger partial charge in [-0.2, -0.15) is 0 Å². The van der Waals surface area contributed by atoms with Crippen molar-refractivity contribution < 1.29 is 0 Å². The SMILES string of the molecule is CNC(CN(C)CC1CCCCC1)c1ccccc1. The van der Waals surface area contributed by atoms with Gasteiger partial charge in [-0.15, -0.1) is 0 Å². The molecule has 1 aromatic rings. The molecule has 0 bridgehead atoms. The summed E-state index contributed by atoms with van der Waals surface area (Å²) in [4.78, 5) is 2.50. The third-order valence-electron chi connectivity index (χ3n) is 4.34. The van der Waals surface area contributed by atoms with Crippen molar-refractivity contribution >= 4 is 0 Å². The van der Waals surface area contributed by atoms with Crippen LogP contribution in [-0.4, -0.2) is 32.1 Å². The lowest BCUT2D eigenvalue weighted by molar-refractivity contribution is 0.218. The predicted octanol–water partition coefficient (Wildman–Crippen LogP) is 3.46. The molecule has 0 radical (unpaired) electrons. The molecule has 1 saturated carbocycles. The summed E-state index contributed by atoms with van der Waals surface area (Å²) in [7, 11) is 4.33. The van der Waals surface area contributed by atoms with Crippen molar-refractivity contribution in [2.75, 3.05) is 27.2 Å². The lowest BCUT2D eigenvalue weighted by atomic mass is 9.89. The highest BCUT2D eigenvalue weighted by Gasteiger charge is 2.17. The number of nitrogens with one attached hydrogen (secondary N) is 1. The molecule has 0 saturated heterocycles. The Hall–Kier alpha value is -0.860. The Morgan fingerprint density at radius 1 is 1.16 bits per heavy atom. The summed E-state index contributed by atoms with van der Waals surface area (Å²) in [6.07, 6.45) is 7.18. The summed E-state index contributed by atoms with van der Waals surface area (Å²) in [5.74, 6) is 0.923. The maximum atomic E-state index is 3.44. The Labute approximate surface area is 118 Å². The third-order valence-corrected chi connectivity index (χ3v) is 4.34. The molecule has 0 aromatic heterocycles. The minimum absolute atomic E-state index is 0.440. The zero-order chi connectivity index (χ0) is 13.5. The lowest BCUT2D eigenvalue weighted by Crippen LogP contribution is -2.34. The smallest absolute Gasteiger partial charge is 0.0446 e. The summed E-state index contributed by atoms with van der Waals surface area (Å²) in [6, 6.07) is 11.2. The van der Waals surface area contributed by atoms with Crippen LogP contribution in [0.25, 0.3) is 0 Å². The fourth-order valence-corrected chi connectivity index (χ4v) is 3.25. The van der Waals surface area contributed by atoms with Crippen LogP contribution in [0.15, 0.2) is 30.3 Å². The summed E-state index contributed by atoms with van der Waals surface area (Å²) in [5.41, 5.74) is 1.39. The minimum atomic E-state index is 0.440. The number of nitrogens with zero attached hydrogens (tertiary/aromatic N) is 1. The van der Waals surface area contributed by atoms with Crippen LogP contribution >= 0.6 is 0 Å². The molecule has 1 aliphatic carbocycles. The number of likely N-dealkylation sites (N-methyl/N-ethyl adjacent to an activating group) is 2. The molecule has 0 heterocycles. The Kier molecular flexibility index (Phi) is 5.87. The Morgan fingerprint density at radius 2 is 1.84 bits per heavy atom. The molecule has 0 amide bonds. The van der Waals surface area contributed by atoms with Crippen molar-refractivity contribution in [1.82, 2.24) is 10.2 Å². The van der Waals surface area contributed by atoms with Crippen molar-refractivity contribution in [3.8, 4) is 0 Å². The average Bonchev–Trinajstić information content (AvgIpc) is 2.47. The van der Waals surface area contributed by atoms with E-state index in [1.807, 2.05) is 0 Å². The fourth-order valence-electron chi connectivity index (χ4n) is 3.25. The van der Waals surface area contributed by atoms with Gasteiger partial charge >= 0.3 is 0 Å². The van der Waals surface area contributed by atoms with Crippen molar-refractivity contribution in [1.29, 1.82) is 0 Å². The Balaban J connectivity index is 1.84. The molecule has 0 spiro atoms. The van der Waals surface area contributed by atoms with Crippen molar-refractivity contribution in [2.24, 2.45) is 5.92 Å². The van der Waals surface area contributed by atoms with Gasteiger partial charge in [0, 0.05) is 19.1 Å². The molecule has 1 aliphatic rings. The fraction of sp³-hybridized carbons (Fsp3) is 0.647. The van der Waals surface area contributed by atoms with E-state index < -0.39 is 0 Å². The highest BCUT2D eigenvalue weighted by Crippen LogP contribution is 2.24. The normalized spacial score (nSPS) is 18.7. The highest BCUT2D eigenvalue weighted by atomic mass is 15.1. The van der Waals surface area contributed by atoms with Gasteiger partial charge in [-0.1, -0.05) is 49.6 Å². The van der Waals surface area contributed by atoms with Gasteiger partial charge in [0.15, 0.2) is 0 Å². The topological polar surface area (TPSA) is 15.3 Å². The zero-order valence-electron chi connectivity index (χ0n) is 12.4. The molecular weight excluding hydrogens is 232 g/mol. The number of hydrogen-bond acceptors (Lipinski definition) is 2. The van der Waals surface area contributed by atoms with Gasteiger partial charge in [0.2, 0.25) is 0 Å². The van der Waals surface area contributed by atoms with E-state index in [1.165, 1.54) is 44.2 Å². The number of benzene rings is 1. The van der Waals surface area contributed by atoms with Gasteiger partial charge in [0.1, 0.15) is 0 Å². The molecule has 0 aliphatic heterocycles. The van der Waals surface area contributed by atoms with E-state index >= 15 is 0 Å². The first-order valence-electron chi connectivity index (χ1n) is 7.70. The summed E-state index contributed by atoms with van der Waals surface area (Å²) in [5, 5.41) is 3.44. The van der Waals surface area contributed by atoms with Crippen LogP contribution in [0.1, 0.15) is 43.7 Å². The van der Waals surface area contributed by atoms with Gasteiger partial charge < -0.3 is 10.2 Å². The van der Waals surface area contributed by atoms with E-state index in [0.717, 1.165) is 12.5 Å². The lowest BCUT2D eigenvalue weighted by Gasteiger charge is -2.29. The summed E-state index contributed by atoms with van der Waals surface area (Å²) in [6.45, 7) is 2.35. The van der Waals surface area contributed by atoms with E-state index in [2.05, 4.69) is 54.6 Å². The van der Waals surface area contributed by atoms with Gasteiger partial charge in [-0.25, -0.2) is 0 Å². The molecular formula is C17H28N2. The van der Waals surface area contributed by atoms with Crippen molar-refractivity contribution in [3.63, 3.8) is 0 Å². The molecule has 1 unspecified atom stereocenters. The number of hydrogen-bond donors (Lipinski definition) is 1. The van der Waals surface area contributed by atoms with Crippen LogP contribution < -0.4 is 5.32 Å². The molecule has 19 heavy (non-hydrogen) atoms. The maximum Gasteiger partial charge on any atom is 0.0446 e. The van der Waals surface area contributed by atoms with Crippen LogP contribution in [0.4, 0.5) is 0 Å². The third kappa shape index (κ3) is 4.63. The molecule has 1 N–H and O–H groups in total. The van der Waals surface area contributed by atoms with E-state index in [4.69, 9.17) is 0 Å². The predicted molar refractivity (Wildman–Crippen MR) is 82.3 cm³/mol. The van der Waals surface area contributed by atoms with Crippen LogP contribution in [0.5, 0.6) is 0 Å². The maximum absolute atomic E-state index is 3.44. The largest absolute Gasteiger partial charge is 0.312 e. The van der Waals surface area contributed by atoms with Crippen LogP contribution in [0.3, 0.4) is 0 Å². The van der Waals surface area contributed by atoms with Crippen LogP contribution in [0.2, 0.25) is 0 Å². The second-order valence-corrected chi connectivity index (χ2v) is 5.98. The van der Waals surface area contributed by atoms with Crippen LogP contribution in [-0.2, 0) is 0 Å². The van der Waals surface area contributed by atoms with Crippen LogP contribution in [0, 0.1) is 5.92 Å². The molecule has 1 aromatic carbocycles. The standard InChI is InChI=1S/C17H28N2/c1-18-17(16-11-7-4-8-12-16)14-19(2)13-15-9-5-3-6-10-15/h4,7-8,11-12,15,17-18H,3,5-6,9-10,13-14H2,1-2H3. The van der Waals surface area contributed by atoms with Gasteiger partial charge in [-0.05, 0) is 38.4 Å². The molecule has 2 rings (SSSR count). The first-order valence-corrected chi connectivity index (χ1v) is 7.70. The Morgan fingerprint density at radius 3 is 2.47 bits per heavy atom.